The Kier molecular flexibility index (Phi) is 3.02. The number of amides is 3. The first-order valence-electron chi connectivity index (χ1n) is 6.43. The molecular formula is C12H15N5O2. The molecule has 1 aliphatic carbocycles. The van der Waals surface area contributed by atoms with E-state index in [1.54, 1.807) is 12.3 Å². The van der Waals surface area contributed by atoms with Gasteiger partial charge in [0, 0.05) is 25.2 Å². The maximum Gasteiger partial charge on any atom is 0.336 e. The lowest BCUT2D eigenvalue weighted by Gasteiger charge is -2.27. The second-order valence-electron chi connectivity index (χ2n) is 4.75. The van der Waals surface area contributed by atoms with Crippen molar-refractivity contribution in [2.45, 2.75) is 25.2 Å². The molecule has 19 heavy (non-hydrogen) atoms. The molecule has 2 heterocycles. The average Bonchev–Trinajstić information content (AvgIpc) is 3.26. The van der Waals surface area contributed by atoms with Crippen LogP contribution < -0.4 is 10.7 Å². The van der Waals surface area contributed by atoms with Crippen LogP contribution in [0.15, 0.2) is 12.3 Å². The highest BCUT2D eigenvalue weighted by molar-refractivity contribution is 5.93. The quantitative estimate of drug-likeness (QED) is 0.825. The Morgan fingerprint density at radius 3 is 3.05 bits per heavy atom. The first-order valence-corrected chi connectivity index (χ1v) is 6.43. The van der Waals surface area contributed by atoms with Gasteiger partial charge in [-0.15, -0.1) is 0 Å². The number of nitrogens with zero attached hydrogens (tertiary/aromatic N) is 3. The van der Waals surface area contributed by atoms with Crippen molar-refractivity contribution in [1.82, 2.24) is 25.7 Å². The van der Waals surface area contributed by atoms with Crippen molar-refractivity contribution in [3.8, 4) is 0 Å². The van der Waals surface area contributed by atoms with Gasteiger partial charge in [0.2, 0.25) is 0 Å². The number of hydrogen-bond acceptors (Lipinski definition) is 4. The third kappa shape index (κ3) is 2.64. The molecule has 0 aromatic carbocycles. The Hall–Kier alpha value is -2.18. The monoisotopic (exact) mass is 261 g/mol. The molecule has 1 saturated heterocycles. The van der Waals surface area contributed by atoms with Crippen LogP contribution in [0.3, 0.4) is 0 Å². The summed E-state index contributed by atoms with van der Waals surface area (Å²) in [6, 6.07) is 1.28. The first kappa shape index (κ1) is 11.9. The van der Waals surface area contributed by atoms with Crippen molar-refractivity contribution in [3.05, 3.63) is 23.8 Å². The maximum atomic E-state index is 12.0. The molecule has 0 radical (unpaired) electrons. The van der Waals surface area contributed by atoms with Gasteiger partial charge in [-0.1, -0.05) is 0 Å². The summed E-state index contributed by atoms with van der Waals surface area (Å²) in [6.07, 6.45) is 4.56. The highest BCUT2D eigenvalue weighted by Gasteiger charge is 2.27. The number of carbonyl (C=O) groups is 2. The number of nitrogens with one attached hydrogen (secondary N) is 2. The van der Waals surface area contributed by atoms with Crippen LogP contribution in [0.2, 0.25) is 0 Å². The predicted molar refractivity (Wildman–Crippen MR) is 66.2 cm³/mol. The van der Waals surface area contributed by atoms with Gasteiger partial charge in [0.25, 0.3) is 5.91 Å². The summed E-state index contributed by atoms with van der Waals surface area (Å²) < 4.78 is 0. The number of rotatable bonds is 3. The molecule has 7 heteroatoms. The molecule has 1 saturated carbocycles. The smallest absolute Gasteiger partial charge is 0.336 e. The largest absolute Gasteiger partial charge is 0.336 e. The minimum absolute atomic E-state index is 0.281. The molecule has 3 amide bonds. The van der Waals surface area contributed by atoms with Gasteiger partial charge in [0.05, 0.1) is 0 Å². The van der Waals surface area contributed by atoms with Crippen molar-refractivity contribution < 1.29 is 9.59 Å². The molecule has 1 aromatic rings. The SMILES string of the molecule is O=C(NN1CCCNC1=O)c1ccnc(C2CC2)n1. The molecule has 0 atom stereocenters. The molecular weight excluding hydrogens is 246 g/mol. The van der Waals surface area contributed by atoms with E-state index in [1.165, 1.54) is 5.01 Å². The lowest BCUT2D eigenvalue weighted by Crippen LogP contribution is -2.54. The zero-order valence-corrected chi connectivity index (χ0v) is 10.4. The van der Waals surface area contributed by atoms with Crippen molar-refractivity contribution in [2.24, 2.45) is 0 Å². The molecule has 1 aliphatic heterocycles. The molecule has 0 unspecified atom stereocenters. The van der Waals surface area contributed by atoms with E-state index in [9.17, 15) is 9.59 Å². The van der Waals surface area contributed by atoms with Gasteiger partial charge >= 0.3 is 6.03 Å². The normalized spacial score (nSPS) is 18.9. The van der Waals surface area contributed by atoms with Crippen LogP contribution in [-0.2, 0) is 0 Å². The number of aromatic nitrogens is 2. The lowest BCUT2D eigenvalue weighted by atomic mass is 10.3. The van der Waals surface area contributed by atoms with E-state index in [2.05, 4.69) is 20.7 Å². The Morgan fingerprint density at radius 1 is 1.47 bits per heavy atom. The van der Waals surface area contributed by atoms with Crippen LogP contribution in [0.4, 0.5) is 4.79 Å². The summed E-state index contributed by atoms with van der Waals surface area (Å²) in [5, 5.41) is 3.95. The fourth-order valence-electron chi connectivity index (χ4n) is 1.95. The summed E-state index contributed by atoms with van der Waals surface area (Å²) in [4.78, 5) is 31.9. The number of hydrogen-bond donors (Lipinski definition) is 2. The molecule has 2 N–H and O–H groups in total. The van der Waals surface area contributed by atoms with Crippen molar-refractivity contribution in [1.29, 1.82) is 0 Å². The van der Waals surface area contributed by atoms with Crippen molar-refractivity contribution >= 4 is 11.9 Å². The summed E-state index contributed by atoms with van der Waals surface area (Å²) in [5.41, 5.74) is 2.86. The molecule has 7 nitrogen and oxygen atoms in total. The van der Waals surface area contributed by atoms with Crippen LogP contribution in [0.5, 0.6) is 0 Å². The van der Waals surface area contributed by atoms with E-state index in [4.69, 9.17) is 0 Å². The third-order valence-electron chi connectivity index (χ3n) is 3.17. The summed E-state index contributed by atoms with van der Waals surface area (Å²) in [5.74, 6) is 0.739. The standard InChI is InChI=1S/C12H15N5O2/c18-11(16-17-7-1-5-14-12(17)19)9-4-6-13-10(15-9)8-2-3-8/h4,6,8H,1-3,5,7H2,(H,14,19)(H,16,18). The lowest BCUT2D eigenvalue weighted by molar-refractivity contribution is 0.0803. The van der Waals surface area contributed by atoms with Gasteiger partial charge in [-0.2, -0.15) is 0 Å². The van der Waals surface area contributed by atoms with Crippen LogP contribution in [-0.4, -0.2) is 40.0 Å². The Bertz CT molecular complexity index is 515. The summed E-state index contributed by atoms with van der Waals surface area (Å²) in [6.45, 7) is 1.16. The van der Waals surface area contributed by atoms with Gasteiger partial charge in [-0.25, -0.2) is 19.8 Å². The highest BCUT2D eigenvalue weighted by Crippen LogP contribution is 2.37. The fraction of sp³-hybridized carbons (Fsp3) is 0.500. The Balaban J connectivity index is 1.69. The highest BCUT2D eigenvalue weighted by atomic mass is 16.2. The second-order valence-corrected chi connectivity index (χ2v) is 4.75. The van der Waals surface area contributed by atoms with E-state index < -0.39 is 0 Å². The molecule has 100 valence electrons. The Labute approximate surface area is 110 Å². The summed E-state index contributed by atoms with van der Waals surface area (Å²) >= 11 is 0. The van der Waals surface area contributed by atoms with E-state index >= 15 is 0 Å². The van der Waals surface area contributed by atoms with E-state index in [0.29, 0.717) is 24.7 Å². The van der Waals surface area contributed by atoms with Crippen LogP contribution in [0.25, 0.3) is 0 Å². The Morgan fingerprint density at radius 2 is 2.32 bits per heavy atom. The molecule has 0 spiro atoms. The minimum Gasteiger partial charge on any atom is -0.336 e. The zero-order chi connectivity index (χ0) is 13.2. The van der Waals surface area contributed by atoms with E-state index in [0.717, 1.165) is 25.1 Å². The van der Waals surface area contributed by atoms with Gasteiger partial charge in [-0.05, 0) is 25.3 Å². The first-order chi connectivity index (χ1) is 9.24. The number of urea groups is 1. The van der Waals surface area contributed by atoms with Crippen LogP contribution >= 0.6 is 0 Å². The molecule has 2 aliphatic rings. The van der Waals surface area contributed by atoms with Crippen molar-refractivity contribution in [3.63, 3.8) is 0 Å². The number of carbonyl (C=O) groups excluding carboxylic acids is 2. The molecule has 1 aromatic heterocycles. The van der Waals surface area contributed by atoms with E-state index in [-0.39, 0.29) is 11.9 Å². The van der Waals surface area contributed by atoms with Crippen LogP contribution in [0.1, 0.15) is 41.5 Å². The topological polar surface area (TPSA) is 87.2 Å². The van der Waals surface area contributed by atoms with Crippen LogP contribution in [0, 0.1) is 0 Å². The average molecular weight is 261 g/mol. The van der Waals surface area contributed by atoms with Gasteiger partial charge in [0.15, 0.2) is 0 Å². The van der Waals surface area contributed by atoms with Crippen molar-refractivity contribution in [2.75, 3.05) is 13.1 Å². The van der Waals surface area contributed by atoms with E-state index in [1.807, 2.05) is 0 Å². The summed E-state index contributed by atoms with van der Waals surface area (Å²) in [7, 11) is 0. The molecule has 3 rings (SSSR count). The predicted octanol–water partition coefficient (Wildman–Crippen LogP) is 0.414. The fourth-order valence-corrected chi connectivity index (χ4v) is 1.95. The maximum absolute atomic E-state index is 12.0. The van der Waals surface area contributed by atoms with Gasteiger partial charge < -0.3 is 5.32 Å². The molecule has 2 fully saturated rings. The minimum atomic E-state index is -0.374. The third-order valence-corrected chi connectivity index (χ3v) is 3.17. The molecule has 0 bridgehead atoms. The second kappa shape index (κ2) is 4.83. The number of hydrazine groups is 1. The zero-order valence-electron chi connectivity index (χ0n) is 10.4. The van der Waals surface area contributed by atoms with Gasteiger partial charge in [-0.3, -0.25) is 10.2 Å². The van der Waals surface area contributed by atoms with Gasteiger partial charge in [0.1, 0.15) is 11.5 Å².